The zero-order chi connectivity index (χ0) is 25.7. The van der Waals surface area contributed by atoms with Crippen LogP contribution < -0.4 is 0 Å². The van der Waals surface area contributed by atoms with Crippen LogP contribution in [0.2, 0.25) is 0 Å². The second kappa shape index (κ2) is 7.90. The Kier molecular flexibility index (Phi) is 4.83. The molecule has 0 atom stereocenters. The fourth-order valence-electron chi connectivity index (χ4n) is 3.77. The third kappa shape index (κ3) is 3.79. The summed E-state index contributed by atoms with van der Waals surface area (Å²) >= 11 is 0. The highest BCUT2D eigenvalue weighted by Gasteiger charge is 2.26. The predicted molar refractivity (Wildman–Crippen MR) is 124 cm³/mol. The molecule has 16 nitrogen and oxygen atoms in total. The largest absolute Gasteiger partial charge is 0.350 e. The molecule has 5 rings (SSSR count). The number of nitrogens with one attached hydrogen (secondary N) is 2. The summed E-state index contributed by atoms with van der Waals surface area (Å²) in [4.78, 5) is 57.3. The van der Waals surface area contributed by atoms with Gasteiger partial charge in [0, 0.05) is 35.3 Å². The first-order valence-corrected chi connectivity index (χ1v) is 9.87. The second-order valence-electron chi connectivity index (χ2n) is 7.56. The molecule has 0 saturated heterocycles. The summed E-state index contributed by atoms with van der Waals surface area (Å²) < 4.78 is 0. The molecule has 0 radical (unpaired) electrons. The van der Waals surface area contributed by atoms with E-state index in [0.29, 0.717) is 0 Å². The molecule has 3 aromatic heterocycles. The molecule has 3 aromatic rings. The van der Waals surface area contributed by atoms with Crippen LogP contribution in [-0.2, 0) is 0 Å². The smallest absolute Gasteiger partial charge is 0.297 e. The van der Waals surface area contributed by atoms with Gasteiger partial charge in [-0.05, 0) is 24.3 Å². The quantitative estimate of drug-likeness (QED) is 0.398. The topological polar surface area (TPSA) is 230 Å². The number of aromatic nitrogens is 4. The number of fused-ring (bicyclic) bond motifs is 8. The third-order valence-electron chi connectivity index (χ3n) is 5.24. The Morgan fingerprint density at radius 2 is 1.00 bits per heavy atom. The summed E-state index contributed by atoms with van der Waals surface area (Å²) in [7, 11) is 0. The normalized spacial score (nSPS) is 12.6. The van der Waals surface area contributed by atoms with Crippen LogP contribution in [0.25, 0.3) is 45.6 Å². The van der Waals surface area contributed by atoms with Gasteiger partial charge in [0.25, 0.3) is 22.8 Å². The molecule has 5 heterocycles. The van der Waals surface area contributed by atoms with Crippen LogP contribution in [0, 0.1) is 40.5 Å². The van der Waals surface area contributed by atoms with E-state index in [2.05, 4.69) is 19.9 Å². The van der Waals surface area contributed by atoms with Crippen LogP contribution in [0.5, 0.6) is 0 Å². The van der Waals surface area contributed by atoms with Crippen LogP contribution in [0.3, 0.4) is 0 Å². The molecule has 16 heteroatoms. The van der Waals surface area contributed by atoms with Crippen molar-refractivity contribution in [2.24, 2.45) is 0 Å². The molecule has 8 bridgehead atoms. The number of hydrogen-bond acceptors (Lipinski definition) is 10. The van der Waals surface area contributed by atoms with Gasteiger partial charge < -0.3 is 9.97 Å². The minimum absolute atomic E-state index is 0.00229. The molecule has 0 spiro atoms. The van der Waals surface area contributed by atoms with Crippen molar-refractivity contribution < 1.29 is 19.7 Å². The lowest BCUT2D eigenvalue weighted by molar-refractivity contribution is -0.383. The monoisotopic (exact) mass is 490 g/mol. The summed E-state index contributed by atoms with van der Waals surface area (Å²) in [6.45, 7) is 0. The first-order valence-electron chi connectivity index (χ1n) is 9.87. The van der Waals surface area contributed by atoms with Crippen molar-refractivity contribution >= 4 is 57.0 Å². The molecule has 0 unspecified atom stereocenters. The maximum atomic E-state index is 11.6. The summed E-state index contributed by atoms with van der Waals surface area (Å²) in [6.07, 6.45) is 2.17. The SMILES string of the molecule is O=[N+]([O-])C1=Cc2cc3[nH]c(cc3[N+](=O)[O-])cc3[nH]c(cc4nc(cc1n2)C=C4[N+](=O)[O-])cc3[N+](=O)[O-]. The molecule has 2 N–H and O–H groups in total. The standard InChI is InChI=1S/C20H10N8O8/c29-25(30)17-6-10-2-15-19(27(33)34)8-12(24-15)4-16-20(28(35)36)7-11(23-16)3-14-18(26(31)32)5-9(21-14)1-13(17)22-10/h1-8,21-22H. The third-order valence-corrected chi connectivity index (χ3v) is 5.24. The molecule has 0 fully saturated rings. The van der Waals surface area contributed by atoms with E-state index in [1.54, 1.807) is 0 Å². The summed E-state index contributed by atoms with van der Waals surface area (Å²) in [6, 6.07) is 7.10. The molecular weight excluding hydrogens is 480 g/mol. The summed E-state index contributed by atoms with van der Waals surface area (Å²) in [5, 5.41) is 46.3. The van der Waals surface area contributed by atoms with Crippen molar-refractivity contribution in [3.63, 3.8) is 0 Å². The number of aromatic amines is 2. The van der Waals surface area contributed by atoms with Crippen LogP contribution >= 0.6 is 0 Å². The van der Waals surface area contributed by atoms with E-state index in [1.807, 2.05) is 0 Å². The van der Waals surface area contributed by atoms with Crippen molar-refractivity contribution in [3.05, 3.63) is 99.6 Å². The zero-order valence-electron chi connectivity index (χ0n) is 17.6. The number of rotatable bonds is 4. The average Bonchev–Trinajstić information content (AvgIpc) is 3.54. The fraction of sp³-hybridized carbons (Fsp3) is 0. The Morgan fingerprint density at radius 3 is 1.50 bits per heavy atom. The van der Waals surface area contributed by atoms with Gasteiger partial charge in [0.05, 0.1) is 31.1 Å². The molecule has 178 valence electrons. The van der Waals surface area contributed by atoms with Gasteiger partial charge in [0.2, 0.25) is 0 Å². The predicted octanol–water partition coefficient (Wildman–Crippen LogP) is 3.68. The van der Waals surface area contributed by atoms with E-state index in [0.717, 1.165) is 30.4 Å². The zero-order valence-corrected chi connectivity index (χ0v) is 17.6. The van der Waals surface area contributed by atoms with E-state index in [9.17, 15) is 40.5 Å². The minimum Gasteiger partial charge on any atom is -0.350 e. The summed E-state index contributed by atoms with van der Waals surface area (Å²) in [5.74, 6) is 0. The minimum atomic E-state index is -0.712. The van der Waals surface area contributed by atoms with E-state index in [1.165, 1.54) is 18.2 Å². The maximum absolute atomic E-state index is 11.6. The van der Waals surface area contributed by atoms with Gasteiger partial charge in [-0.15, -0.1) is 0 Å². The number of nitrogens with zero attached hydrogens (tertiary/aromatic N) is 6. The summed E-state index contributed by atoms with van der Waals surface area (Å²) in [5.41, 5.74) is -1.86. The van der Waals surface area contributed by atoms with E-state index in [4.69, 9.17) is 0 Å². The number of hydrogen-bond donors (Lipinski definition) is 2. The van der Waals surface area contributed by atoms with Crippen molar-refractivity contribution in [1.82, 2.24) is 19.9 Å². The van der Waals surface area contributed by atoms with E-state index >= 15 is 0 Å². The van der Waals surface area contributed by atoms with Crippen LogP contribution in [0.4, 0.5) is 11.4 Å². The van der Waals surface area contributed by atoms with Gasteiger partial charge in [-0.2, -0.15) is 0 Å². The molecule has 0 aromatic carbocycles. The lowest BCUT2D eigenvalue weighted by Gasteiger charge is -1.89. The van der Waals surface area contributed by atoms with Gasteiger partial charge in [0.15, 0.2) is 0 Å². The highest BCUT2D eigenvalue weighted by atomic mass is 16.6. The molecular formula is C20H10N8O8. The Bertz CT molecular complexity index is 1760. The Labute approximate surface area is 196 Å². The van der Waals surface area contributed by atoms with Gasteiger partial charge in [0.1, 0.15) is 22.4 Å². The first-order chi connectivity index (χ1) is 17.1. The van der Waals surface area contributed by atoms with Crippen molar-refractivity contribution in [2.75, 3.05) is 0 Å². The van der Waals surface area contributed by atoms with E-state index in [-0.39, 0.29) is 56.2 Å². The van der Waals surface area contributed by atoms with Crippen LogP contribution in [-0.4, -0.2) is 39.6 Å². The van der Waals surface area contributed by atoms with Crippen molar-refractivity contribution in [1.29, 1.82) is 0 Å². The van der Waals surface area contributed by atoms with Crippen LogP contribution in [0.1, 0.15) is 22.8 Å². The van der Waals surface area contributed by atoms with Crippen molar-refractivity contribution in [2.45, 2.75) is 0 Å². The lowest BCUT2D eigenvalue weighted by Crippen LogP contribution is -1.95. The number of H-pyrrole nitrogens is 2. The van der Waals surface area contributed by atoms with Gasteiger partial charge in [-0.25, -0.2) is 9.97 Å². The van der Waals surface area contributed by atoms with Gasteiger partial charge in [-0.1, -0.05) is 0 Å². The molecule has 2 aliphatic heterocycles. The number of nitro groups is 4. The highest BCUT2D eigenvalue weighted by Crippen LogP contribution is 2.30. The van der Waals surface area contributed by atoms with E-state index < -0.39 is 31.1 Å². The molecule has 0 aliphatic carbocycles. The van der Waals surface area contributed by atoms with Crippen molar-refractivity contribution in [3.8, 4) is 0 Å². The lowest BCUT2D eigenvalue weighted by atomic mass is 10.2. The highest BCUT2D eigenvalue weighted by molar-refractivity contribution is 5.85. The maximum Gasteiger partial charge on any atom is 0.297 e. The van der Waals surface area contributed by atoms with Crippen LogP contribution in [0.15, 0.2) is 36.4 Å². The Hall–Kier alpha value is -5.80. The van der Waals surface area contributed by atoms with Gasteiger partial charge in [-0.3, -0.25) is 40.5 Å². The van der Waals surface area contributed by atoms with Gasteiger partial charge >= 0.3 is 0 Å². The molecule has 0 saturated carbocycles. The molecule has 2 aliphatic rings. The second-order valence-corrected chi connectivity index (χ2v) is 7.56. The first kappa shape index (κ1) is 22.0. The Balaban J connectivity index is 1.95. The average molecular weight is 490 g/mol. The Morgan fingerprint density at radius 1 is 0.556 bits per heavy atom. The molecule has 0 amide bonds. The molecule has 36 heavy (non-hydrogen) atoms. The fourth-order valence-corrected chi connectivity index (χ4v) is 3.77.